The SMILES string of the molecule is C/C=C/c1[nH]c2ccccc2c1C#N. The molecule has 2 aromatic rings. The third-order valence-corrected chi connectivity index (χ3v) is 2.18. The van der Waals surface area contributed by atoms with E-state index in [1.165, 1.54) is 0 Å². The molecule has 1 heterocycles. The summed E-state index contributed by atoms with van der Waals surface area (Å²) in [6.45, 7) is 1.94. The van der Waals surface area contributed by atoms with Crippen molar-refractivity contribution in [3.63, 3.8) is 0 Å². The second-order valence-corrected chi connectivity index (χ2v) is 3.07. The minimum atomic E-state index is 0.721. The number of aromatic amines is 1. The second kappa shape index (κ2) is 3.39. The molecule has 2 nitrogen and oxygen atoms in total. The smallest absolute Gasteiger partial charge is 0.102 e. The van der Waals surface area contributed by atoms with E-state index < -0.39 is 0 Å². The first-order valence-electron chi connectivity index (χ1n) is 4.50. The standard InChI is InChI=1S/C12H10N2/c1-2-5-11-10(8-13)9-6-3-4-7-12(9)14-11/h2-7,14H,1H3/b5-2+. The highest BCUT2D eigenvalue weighted by molar-refractivity contribution is 5.89. The van der Waals surface area contributed by atoms with E-state index in [-0.39, 0.29) is 0 Å². The van der Waals surface area contributed by atoms with Gasteiger partial charge in [-0.05, 0) is 19.1 Å². The van der Waals surface area contributed by atoms with Crippen LogP contribution in [0.2, 0.25) is 0 Å². The number of aromatic nitrogens is 1. The van der Waals surface area contributed by atoms with Gasteiger partial charge in [-0.3, -0.25) is 0 Å². The van der Waals surface area contributed by atoms with E-state index in [9.17, 15) is 0 Å². The zero-order valence-corrected chi connectivity index (χ0v) is 7.91. The van der Waals surface area contributed by atoms with Crippen LogP contribution in [0.5, 0.6) is 0 Å². The predicted octanol–water partition coefficient (Wildman–Crippen LogP) is 3.07. The van der Waals surface area contributed by atoms with Crippen molar-refractivity contribution >= 4 is 17.0 Å². The van der Waals surface area contributed by atoms with E-state index in [1.54, 1.807) is 0 Å². The lowest BCUT2D eigenvalue weighted by atomic mass is 10.1. The van der Waals surface area contributed by atoms with Gasteiger partial charge in [0, 0.05) is 10.9 Å². The van der Waals surface area contributed by atoms with Crippen LogP contribution in [-0.2, 0) is 0 Å². The number of allylic oxidation sites excluding steroid dienone is 1. The molecule has 0 saturated heterocycles. The highest BCUT2D eigenvalue weighted by atomic mass is 14.7. The van der Waals surface area contributed by atoms with Gasteiger partial charge in [-0.25, -0.2) is 0 Å². The number of nitrogens with zero attached hydrogens (tertiary/aromatic N) is 1. The quantitative estimate of drug-likeness (QED) is 0.723. The highest BCUT2D eigenvalue weighted by Gasteiger charge is 2.06. The van der Waals surface area contributed by atoms with Crippen LogP contribution in [0.25, 0.3) is 17.0 Å². The fraction of sp³-hybridized carbons (Fsp3) is 0.0833. The van der Waals surface area contributed by atoms with Gasteiger partial charge in [-0.15, -0.1) is 0 Å². The van der Waals surface area contributed by atoms with Crippen molar-refractivity contribution in [1.29, 1.82) is 5.26 Å². The number of benzene rings is 1. The molecule has 0 radical (unpaired) electrons. The second-order valence-electron chi connectivity index (χ2n) is 3.07. The number of para-hydroxylation sites is 1. The Balaban J connectivity index is 2.80. The Morgan fingerprint density at radius 1 is 1.36 bits per heavy atom. The number of nitrogens with one attached hydrogen (secondary N) is 1. The molecule has 2 rings (SSSR count). The molecule has 0 bridgehead atoms. The predicted molar refractivity (Wildman–Crippen MR) is 57.7 cm³/mol. The van der Waals surface area contributed by atoms with Crippen molar-refractivity contribution in [2.24, 2.45) is 0 Å². The molecule has 2 heteroatoms. The summed E-state index contributed by atoms with van der Waals surface area (Å²) in [6, 6.07) is 10.1. The Labute approximate surface area is 82.5 Å². The van der Waals surface area contributed by atoms with Crippen LogP contribution in [0.15, 0.2) is 30.3 Å². The first-order chi connectivity index (χ1) is 6.86. The lowest BCUT2D eigenvalue weighted by Crippen LogP contribution is -1.75. The lowest BCUT2D eigenvalue weighted by Gasteiger charge is -1.86. The van der Waals surface area contributed by atoms with Crippen molar-refractivity contribution in [2.75, 3.05) is 0 Å². The molecule has 0 aliphatic rings. The zero-order chi connectivity index (χ0) is 9.97. The molecule has 0 amide bonds. The molecule has 0 unspecified atom stereocenters. The molecule has 1 aromatic carbocycles. The number of hydrogen-bond acceptors (Lipinski definition) is 1. The summed E-state index contributed by atoms with van der Waals surface area (Å²) in [7, 11) is 0. The highest BCUT2D eigenvalue weighted by Crippen LogP contribution is 2.22. The number of fused-ring (bicyclic) bond motifs is 1. The molecule has 0 spiro atoms. The summed E-state index contributed by atoms with van der Waals surface area (Å²) >= 11 is 0. The first-order valence-corrected chi connectivity index (χ1v) is 4.50. The normalized spacial score (nSPS) is 10.9. The molecule has 14 heavy (non-hydrogen) atoms. The van der Waals surface area contributed by atoms with Gasteiger partial charge in [0.05, 0.1) is 11.3 Å². The number of hydrogen-bond donors (Lipinski definition) is 1. The maximum atomic E-state index is 9.03. The van der Waals surface area contributed by atoms with E-state index in [0.29, 0.717) is 0 Å². The van der Waals surface area contributed by atoms with Crippen LogP contribution < -0.4 is 0 Å². The summed E-state index contributed by atoms with van der Waals surface area (Å²) < 4.78 is 0. The molecule has 0 aliphatic heterocycles. The molecule has 0 saturated carbocycles. The third kappa shape index (κ3) is 1.20. The van der Waals surface area contributed by atoms with Crippen LogP contribution in [-0.4, -0.2) is 4.98 Å². The van der Waals surface area contributed by atoms with Crippen LogP contribution >= 0.6 is 0 Å². The van der Waals surface area contributed by atoms with Crippen LogP contribution in [0.3, 0.4) is 0 Å². The van der Waals surface area contributed by atoms with E-state index in [0.717, 1.165) is 22.2 Å². The maximum Gasteiger partial charge on any atom is 0.102 e. The van der Waals surface area contributed by atoms with Gasteiger partial charge in [0.1, 0.15) is 6.07 Å². The maximum absolute atomic E-state index is 9.03. The topological polar surface area (TPSA) is 39.6 Å². The summed E-state index contributed by atoms with van der Waals surface area (Å²) in [6.07, 6.45) is 3.84. The largest absolute Gasteiger partial charge is 0.354 e. The van der Waals surface area contributed by atoms with Crippen LogP contribution in [0, 0.1) is 11.3 Å². The monoisotopic (exact) mass is 182 g/mol. The molecule has 1 N–H and O–H groups in total. The Hall–Kier alpha value is -2.01. The molecule has 0 aliphatic carbocycles. The molecule has 0 atom stereocenters. The third-order valence-electron chi connectivity index (χ3n) is 2.18. The average molecular weight is 182 g/mol. The van der Waals surface area contributed by atoms with Crippen molar-refractivity contribution < 1.29 is 0 Å². The fourth-order valence-corrected chi connectivity index (χ4v) is 1.57. The summed E-state index contributed by atoms with van der Waals surface area (Å²) in [5.41, 5.74) is 2.62. The van der Waals surface area contributed by atoms with E-state index in [2.05, 4.69) is 11.1 Å². The van der Waals surface area contributed by atoms with Gasteiger partial charge in [-0.2, -0.15) is 5.26 Å². The van der Waals surface area contributed by atoms with Gasteiger partial charge in [0.15, 0.2) is 0 Å². The van der Waals surface area contributed by atoms with Crippen LogP contribution in [0.1, 0.15) is 18.2 Å². The molecule has 68 valence electrons. The Morgan fingerprint density at radius 3 is 2.86 bits per heavy atom. The summed E-state index contributed by atoms with van der Waals surface area (Å²) in [5.74, 6) is 0. The van der Waals surface area contributed by atoms with Gasteiger partial charge >= 0.3 is 0 Å². The molecular weight excluding hydrogens is 172 g/mol. The molecular formula is C12H10N2. The lowest BCUT2D eigenvalue weighted by molar-refractivity contribution is 1.40. The van der Waals surface area contributed by atoms with Crippen molar-refractivity contribution in [1.82, 2.24) is 4.98 Å². The van der Waals surface area contributed by atoms with Gasteiger partial charge in [-0.1, -0.05) is 24.3 Å². The minimum absolute atomic E-state index is 0.721. The van der Waals surface area contributed by atoms with Crippen molar-refractivity contribution in [3.05, 3.63) is 41.6 Å². The van der Waals surface area contributed by atoms with E-state index >= 15 is 0 Å². The molecule has 0 fully saturated rings. The van der Waals surface area contributed by atoms with Crippen molar-refractivity contribution in [2.45, 2.75) is 6.92 Å². The molecule has 1 aromatic heterocycles. The van der Waals surface area contributed by atoms with Gasteiger partial charge in [0.25, 0.3) is 0 Å². The van der Waals surface area contributed by atoms with Crippen LogP contribution in [0.4, 0.5) is 0 Å². The van der Waals surface area contributed by atoms with E-state index in [4.69, 9.17) is 5.26 Å². The van der Waals surface area contributed by atoms with E-state index in [1.807, 2.05) is 43.3 Å². The van der Waals surface area contributed by atoms with Crippen molar-refractivity contribution in [3.8, 4) is 6.07 Å². The minimum Gasteiger partial charge on any atom is -0.354 e. The number of rotatable bonds is 1. The zero-order valence-electron chi connectivity index (χ0n) is 7.91. The summed E-state index contributed by atoms with van der Waals surface area (Å²) in [4.78, 5) is 3.21. The first kappa shape index (κ1) is 8.58. The Bertz CT molecular complexity index is 527. The van der Waals surface area contributed by atoms with Gasteiger partial charge in [0.2, 0.25) is 0 Å². The van der Waals surface area contributed by atoms with Gasteiger partial charge < -0.3 is 4.98 Å². The number of nitriles is 1. The Kier molecular flexibility index (Phi) is 2.08. The summed E-state index contributed by atoms with van der Waals surface area (Å²) in [5, 5.41) is 10.0. The Morgan fingerprint density at radius 2 is 2.14 bits per heavy atom. The average Bonchev–Trinajstić information content (AvgIpc) is 2.55. The number of H-pyrrole nitrogens is 1. The fourth-order valence-electron chi connectivity index (χ4n) is 1.57.